The van der Waals surface area contributed by atoms with E-state index in [1.165, 1.54) is 30.6 Å². The lowest BCUT2D eigenvalue weighted by molar-refractivity contribution is 0.0750. The summed E-state index contributed by atoms with van der Waals surface area (Å²) in [6, 6.07) is 3.81. The van der Waals surface area contributed by atoms with Crippen molar-refractivity contribution < 1.29 is 4.79 Å². The van der Waals surface area contributed by atoms with Crippen molar-refractivity contribution in [1.29, 1.82) is 0 Å². The van der Waals surface area contributed by atoms with Crippen LogP contribution in [0.4, 0.5) is 0 Å². The summed E-state index contributed by atoms with van der Waals surface area (Å²) in [6.07, 6.45) is 3.90. The quantitative estimate of drug-likeness (QED) is 0.835. The number of rotatable bonds is 3. The minimum atomic E-state index is 0.151. The molecule has 0 bridgehead atoms. The molecule has 0 atom stereocenters. The third-order valence-electron chi connectivity index (χ3n) is 2.89. The van der Waals surface area contributed by atoms with E-state index in [0.717, 1.165) is 21.1 Å². The Morgan fingerprint density at radius 2 is 2.33 bits per heavy atom. The Hall–Kier alpha value is -0.350. The molecule has 0 aliphatic heterocycles. The molecule has 1 amide bonds. The summed E-state index contributed by atoms with van der Waals surface area (Å²) >= 11 is 4.88. The van der Waals surface area contributed by atoms with E-state index < -0.39 is 0 Å². The van der Waals surface area contributed by atoms with Gasteiger partial charge in [0.1, 0.15) is 0 Å². The summed E-state index contributed by atoms with van der Waals surface area (Å²) in [6.45, 7) is 0.911. The summed E-state index contributed by atoms with van der Waals surface area (Å²) < 4.78 is 1.02. The molecule has 1 aliphatic rings. The molecule has 1 aliphatic carbocycles. The van der Waals surface area contributed by atoms with Gasteiger partial charge in [-0.3, -0.25) is 4.79 Å². The molecule has 1 aromatic rings. The predicted molar refractivity (Wildman–Crippen MR) is 66.3 cm³/mol. The second-order valence-electron chi connectivity index (χ2n) is 4.09. The van der Waals surface area contributed by atoms with Crippen molar-refractivity contribution >= 4 is 33.2 Å². The first-order chi connectivity index (χ1) is 7.16. The van der Waals surface area contributed by atoms with Gasteiger partial charge in [-0.25, -0.2) is 0 Å². The van der Waals surface area contributed by atoms with Crippen LogP contribution in [0.3, 0.4) is 0 Å². The molecule has 0 radical (unpaired) electrons. The first-order valence-electron chi connectivity index (χ1n) is 5.17. The van der Waals surface area contributed by atoms with Crippen LogP contribution in [0.2, 0.25) is 0 Å². The smallest absolute Gasteiger partial charge is 0.263 e. The normalized spacial score (nSPS) is 16.1. The van der Waals surface area contributed by atoms with Crippen molar-refractivity contribution in [2.24, 2.45) is 5.92 Å². The van der Waals surface area contributed by atoms with Crippen molar-refractivity contribution in [3.63, 3.8) is 0 Å². The zero-order valence-electron chi connectivity index (χ0n) is 8.70. The van der Waals surface area contributed by atoms with Gasteiger partial charge in [0.2, 0.25) is 0 Å². The minimum Gasteiger partial charge on any atom is -0.341 e. The summed E-state index contributed by atoms with van der Waals surface area (Å²) in [5.41, 5.74) is 0. The molecule has 2 nitrogen and oxygen atoms in total. The van der Waals surface area contributed by atoms with Gasteiger partial charge in [0.15, 0.2) is 0 Å². The number of amides is 1. The van der Waals surface area contributed by atoms with Gasteiger partial charge in [-0.15, -0.1) is 11.3 Å². The van der Waals surface area contributed by atoms with Crippen LogP contribution < -0.4 is 0 Å². The van der Waals surface area contributed by atoms with Gasteiger partial charge < -0.3 is 4.90 Å². The van der Waals surface area contributed by atoms with Crippen LogP contribution in [0.1, 0.15) is 28.9 Å². The molecular weight excluding hydrogens is 274 g/mol. The highest BCUT2D eigenvalue weighted by molar-refractivity contribution is 9.11. The molecule has 82 valence electrons. The maximum Gasteiger partial charge on any atom is 0.263 e. The van der Waals surface area contributed by atoms with E-state index in [4.69, 9.17) is 0 Å². The monoisotopic (exact) mass is 287 g/mol. The number of carbonyl (C=O) groups is 1. The summed E-state index contributed by atoms with van der Waals surface area (Å²) in [7, 11) is 1.90. The molecule has 1 saturated carbocycles. The number of hydrogen-bond donors (Lipinski definition) is 0. The van der Waals surface area contributed by atoms with Crippen LogP contribution in [0.15, 0.2) is 15.9 Å². The van der Waals surface area contributed by atoms with Crippen molar-refractivity contribution in [1.82, 2.24) is 4.90 Å². The molecular formula is C11H14BrNOS. The number of nitrogens with zero attached hydrogens (tertiary/aromatic N) is 1. The second-order valence-corrected chi connectivity index (χ2v) is 6.55. The van der Waals surface area contributed by atoms with E-state index in [1.807, 2.05) is 24.1 Å². The topological polar surface area (TPSA) is 20.3 Å². The summed E-state index contributed by atoms with van der Waals surface area (Å²) in [4.78, 5) is 14.6. The van der Waals surface area contributed by atoms with E-state index in [0.29, 0.717) is 0 Å². The van der Waals surface area contributed by atoms with Gasteiger partial charge in [-0.05, 0) is 46.8 Å². The largest absolute Gasteiger partial charge is 0.341 e. The van der Waals surface area contributed by atoms with Gasteiger partial charge in [-0.1, -0.05) is 6.42 Å². The van der Waals surface area contributed by atoms with Crippen molar-refractivity contribution in [3.8, 4) is 0 Å². The molecule has 1 heterocycles. The fourth-order valence-corrected chi connectivity index (χ4v) is 3.14. The first kappa shape index (κ1) is 11.1. The maximum atomic E-state index is 11.9. The molecule has 15 heavy (non-hydrogen) atoms. The molecule has 0 saturated heterocycles. The fraction of sp³-hybridized carbons (Fsp3) is 0.545. The zero-order chi connectivity index (χ0) is 10.8. The molecule has 1 aromatic heterocycles. The van der Waals surface area contributed by atoms with E-state index >= 15 is 0 Å². The van der Waals surface area contributed by atoms with Gasteiger partial charge in [0, 0.05) is 13.6 Å². The summed E-state index contributed by atoms with van der Waals surface area (Å²) in [5.74, 6) is 0.889. The lowest BCUT2D eigenvalue weighted by atomic mass is 9.85. The van der Waals surface area contributed by atoms with Crippen molar-refractivity contribution in [3.05, 3.63) is 20.8 Å². The number of hydrogen-bond acceptors (Lipinski definition) is 2. The predicted octanol–water partition coefficient (Wildman–Crippen LogP) is 3.38. The lowest BCUT2D eigenvalue weighted by Crippen LogP contribution is -2.33. The highest BCUT2D eigenvalue weighted by Gasteiger charge is 2.22. The Balaban J connectivity index is 1.94. The molecule has 0 spiro atoms. The van der Waals surface area contributed by atoms with Gasteiger partial charge in [-0.2, -0.15) is 0 Å². The molecule has 2 rings (SSSR count). The zero-order valence-corrected chi connectivity index (χ0v) is 11.1. The van der Waals surface area contributed by atoms with E-state index in [2.05, 4.69) is 15.9 Å². The third kappa shape index (κ3) is 2.61. The standard InChI is InChI=1S/C11H14BrNOS/c1-13(7-8-3-2-4-8)11(14)9-5-6-10(12)15-9/h5-6,8H,2-4,7H2,1H3. The van der Waals surface area contributed by atoms with Crippen LogP contribution >= 0.6 is 27.3 Å². The van der Waals surface area contributed by atoms with Crippen molar-refractivity contribution in [2.45, 2.75) is 19.3 Å². The van der Waals surface area contributed by atoms with E-state index in [1.54, 1.807) is 0 Å². The Morgan fingerprint density at radius 3 is 2.80 bits per heavy atom. The maximum absolute atomic E-state index is 11.9. The van der Waals surface area contributed by atoms with Crippen LogP contribution in [0, 0.1) is 5.92 Å². The second kappa shape index (κ2) is 4.66. The summed E-state index contributed by atoms with van der Waals surface area (Å²) in [5, 5.41) is 0. The minimum absolute atomic E-state index is 0.151. The van der Waals surface area contributed by atoms with Gasteiger partial charge in [0.05, 0.1) is 8.66 Å². The molecule has 0 N–H and O–H groups in total. The Bertz CT molecular complexity index is 359. The van der Waals surface area contributed by atoms with Crippen LogP contribution in [-0.4, -0.2) is 24.4 Å². The van der Waals surface area contributed by atoms with E-state index in [9.17, 15) is 4.79 Å². The Labute approximate surface area is 102 Å². The van der Waals surface area contributed by atoms with Crippen LogP contribution in [-0.2, 0) is 0 Å². The van der Waals surface area contributed by atoms with Crippen LogP contribution in [0.25, 0.3) is 0 Å². The van der Waals surface area contributed by atoms with Gasteiger partial charge in [0.25, 0.3) is 5.91 Å². The number of thiophene rings is 1. The molecule has 0 aromatic carbocycles. The average Bonchev–Trinajstić information content (AvgIpc) is 2.56. The third-order valence-corrected chi connectivity index (χ3v) is 4.50. The lowest BCUT2D eigenvalue weighted by Gasteiger charge is -2.29. The highest BCUT2D eigenvalue weighted by Crippen LogP contribution is 2.28. The molecule has 4 heteroatoms. The average molecular weight is 288 g/mol. The Kier molecular flexibility index (Phi) is 3.46. The van der Waals surface area contributed by atoms with E-state index in [-0.39, 0.29) is 5.91 Å². The van der Waals surface area contributed by atoms with Crippen LogP contribution in [0.5, 0.6) is 0 Å². The Morgan fingerprint density at radius 1 is 1.60 bits per heavy atom. The van der Waals surface area contributed by atoms with Crippen molar-refractivity contribution in [2.75, 3.05) is 13.6 Å². The molecule has 0 unspecified atom stereocenters. The fourth-order valence-electron chi connectivity index (χ4n) is 1.76. The molecule has 1 fully saturated rings. The highest BCUT2D eigenvalue weighted by atomic mass is 79.9. The SMILES string of the molecule is CN(CC1CCC1)C(=O)c1ccc(Br)s1. The number of carbonyl (C=O) groups excluding carboxylic acids is 1. The number of halogens is 1. The van der Waals surface area contributed by atoms with Gasteiger partial charge >= 0.3 is 0 Å². The first-order valence-corrected chi connectivity index (χ1v) is 6.78.